The van der Waals surface area contributed by atoms with E-state index in [0.29, 0.717) is 6.61 Å². The molecule has 1 aliphatic heterocycles. The summed E-state index contributed by atoms with van der Waals surface area (Å²) in [5.41, 5.74) is 0. The Hall–Kier alpha value is -0.730. The number of hydrogen-bond donors (Lipinski definition) is 0. The number of nitrogens with zero attached hydrogens (tertiary/aromatic N) is 1. The molecule has 0 aromatic carbocycles. The largest absolute Gasteiger partial charge is 0.481 e. The van der Waals surface area contributed by atoms with Crippen LogP contribution in [0.3, 0.4) is 0 Å². The van der Waals surface area contributed by atoms with Gasteiger partial charge in [-0.1, -0.05) is 5.16 Å². The minimum Gasteiger partial charge on any atom is -0.481 e. The van der Waals surface area contributed by atoms with Gasteiger partial charge in [-0.05, 0) is 0 Å². The fraction of sp³-hybridized carbons (Fsp3) is 0.500. The van der Waals surface area contributed by atoms with Crippen LogP contribution < -0.4 is 0 Å². The fourth-order valence-corrected chi connectivity index (χ4v) is 0.320. The van der Waals surface area contributed by atoms with Crippen LogP contribution in [0.1, 0.15) is 6.42 Å². The number of ether oxygens (including phenoxy) is 1. The quantitative estimate of drug-likeness (QED) is 0.444. The van der Waals surface area contributed by atoms with Gasteiger partial charge in [0.25, 0.3) is 0 Å². The highest BCUT2D eigenvalue weighted by molar-refractivity contribution is 5.45. The molecule has 3 heteroatoms. The molecule has 0 fully saturated rings. The van der Waals surface area contributed by atoms with E-state index in [4.69, 9.17) is 4.74 Å². The van der Waals surface area contributed by atoms with E-state index in [-0.39, 0.29) is 0 Å². The molecule has 1 heterocycles. The topological polar surface area (TPSA) is 30.8 Å². The second-order valence-electron chi connectivity index (χ2n) is 1.14. The molecule has 0 aliphatic carbocycles. The molecule has 0 spiro atoms. The Morgan fingerprint density at radius 1 is 1.57 bits per heavy atom. The van der Waals surface area contributed by atoms with E-state index in [9.17, 15) is 0 Å². The lowest BCUT2D eigenvalue weighted by Gasteiger charge is -1.87. The second-order valence-corrected chi connectivity index (χ2v) is 1.14. The Morgan fingerprint density at radius 3 is 3.57 bits per heavy atom. The van der Waals surface area contributed by atoms with Crippen molar-refractivity contribution in [2.45, 2.75) is 6.42 Å². The smallest absolute Gasteiger partial charge is 0.212 e. The van der Waals surface area contributed by atoms with Crippen LogP contribution in [0, 0.1) is 6.61 Å². The molecule has 0 amide bonds. The highest BCUT2D eigenvalue weighted by Gasteiger charge is 1.90. The molecule has 0 aromatic rings. The second kappa shape index (κ2) is 2.44. The van der Waals surface area contributed by atoms with Crippen LogP contribution in [0.2, 0.25) is 0 Å². The van der Waals surface area contributed by atoms with Gasteiger partial charge in [-0.2, -0.15) is 0 Å². The van der Waals surface area contributed by atoms with Crippen molar-refractivity contribution < 1.29 is 9.57 Å². The van der Waals surface area contributed by atoms with Crippen molar-refractivity contribution in [2.24, 2.45) is 5.16 Å². The van der Waals surface area contributed by atoms with E-state index < -0.39 is 0 Å². The van der Waals surface area contributed by atoms with Crippen molar-refractivity contribution in [3.63, 3.8) is 0 Å². The Balaban J connectivity index is 2.20. The SMILES string of the molecule is [CH]1CCOC=NO1. The van der Waals surface area contributed by atoms with Crippen molar-refractivity contribution in [1.82, 2.24) is 0 Å². The Kier molecular flexibility index (Phi) is 1.55. The van der Waals surface area contributed by atoms with Crippen LogP contribution in [-0.2, 0) is 9.57 Å². The maximum Gasteiger partial charge on any atom is 0.212 e. The van der Waals surface area contributed by atoms with Crippen molar-refractivity contribution >= 4 is 6.40 Å². The summed E-state index contributed by atoms with van der Waals surface area (Å²) in [6.45, 7) is 2.27. The van der Waals surface area contributed by atoms with Gasteiger partial charge in [0.1, 0.15) is 0 Å². The zero-order valence-corrected chi connectivity index (χ0v) is 3.83. The standard InChI is InChI=1S/C4H6NO2/c1-2-6-4-5-7-3-1/h3-4H,1-2H2. The van der Waals surface area contributed by atoms with E-state index >= 15 is 0 Å². The van der Waals surface area contributed by atoms with Crippen molar-refractivity contribution in [3.8, 4) is 0 Å². The molecule has 1 radical (unpaired) electrons. The van der Waals surface area contributed by atoms with Crippen LogP contribution in [0.5, 0.6) is 0 Å². The maximum absolute atomic E-state index is 4.75. The highest BCUT2D eigenvalue weighted by atomic mass is 16.6. The lowest BCUT2D eigenvalue weighted by molar-refractivity contribution is 0.212. The normalized spacial score (nSPS) is 19.4. The fourth-order valence-electron chi connectivity index (χ4n) is 0.320. The van der Waals surface area contributed by atoms with Crippen LogP contribution in [0.4, 0.5) is 0 Å². The van der Waals surface area contributed by atoms with Gasteiger partial charge >= 0.3 is 0 Å². The summed E-state index contributed by atoms with van der Waals surface area (Å²) in [6.07, 6.45) is 2.10. The first-order valence-corrected chi connectivity index (χ1v) is 2.11. The van der Waals surface area contributed by atoms with Crippen molar-refractivity contribution in [2.75, 3.05) is 6.61 Å². The summed E-state index contributed by atoms with van der Waals surface area (Å²) in [4.78, 5) is 4.51. The molecular formula is C4H6NO2. The number of oxime groups is 1. The molecule has 1 aliphatic rings. The average molecular weight is 100 g/mol. The summed E-state index contributed by atoms with van der Waals surface area (Å²) in [5, 5.41) is 3.37. The van der Waals surface area contributed by atoms with Gasteiger partial charge in [0.15, 0.2) is 6.61 Å². The van der Waals surface area contributed by atoms with E-state index in [0.717, 1.165) is 6.42 Å². The summed E-state index contributed by atoms with van der Waals surface area (Å²) < 4.78 is 4.75. The Bertz CT molecular complexity index is 64.1. The predicted octanol–water partition coefficient (Wildman–Crippen LogP) is 0.528. The van der Waals surface area contributed by atoms with Crippen LogP contribution in [-0.4, -0.2) is 13.0 Å². The minimum atomic E-state index is 0.670. The van der Waals surface area contributed by atoms with E-state index in [1.165, 1.54) is 6.40 Å². The monoisotopic (exact) mass is 100 g/mol. The molecule has 0 unspecified atom stereocenters. The molecule has 1 rings (SSSR count). The van der Waals surface area contributed by atoms with Gasteiger partial charge in [-0.25, -0.2) is 0 Å². The molecule has 0 bridgehead atoms. The van der Waals surface area contributed by atoms with E-state index in [2.05, 4.69) is 9.99 Å². The lowest BCUT2D eigenvalue weighted by Crippen LogP contribution is -1.86. The van der Waals surface area contributed by atoms with Gasteiger partial charge < -0.3 is 9.57 Å². The van der Waals surface area contributed by atoms with Crippen LogP contribution in [0.25, 0.3) is 0 Å². The van der Waals surface area contributed by atoms with Gasteiger partial charge in [0.05, 0.1) is 6.61 Å². The molecule has 0 aromatic heterocycles. The average Bonchev–Trinajstić information content (AvgIpc) is 1.90. The molecule has 39 valence electrons. The highest BCUT2D eigenvalue weighted by Crippen LogP contribution is 1.93. The summed E-state index contributed by atoms with van der Waals surface area (Å²) >= 11 is 0. The van der Waals surface area contributed by atoms with Crippen molar-refractivity contribution in [3.05, 3.63) is 6.61 Å². The third-order valence-electron chi connectivity index (χ3n) is 0.607. The minimum absolute atomic E-state index is 0.670. The first-order chi connectivity index (χ1) is 3.50. The van der Waals surface area contributed by atoms with Gasteiger partial charge in [0, 0.05) is 6.42 Å². The van der Waals surface area contributed by atoms with Gasteiger partial charge in [0.2, 0.25) is 6.40 Å². The number of hydrogen-bond acceptors (Lipinski definition) is 3. The maximum atomic E-state index is 4.75. The van der Waals surface area contributed by atoms with Gasteiger partial charge in [-0.3, -0.25) is 0 Å². The molecule has 0 N–H and O–H groups in total. The van der Waals surface area contributed by atoms with Crippen LogP contribution >= 0.6 is 0 Å². The Morgan fingerprint density at radius 2 is 2.57 bits per heavy atom. The summed E-state index contributed by atoms with van der Waals surface area (Å²) in [6, 6.07) is 0. The third kappa shape index (κ3) is 1.43. The lowest BCUT2D eigenvalue weighted by atomic mass is 10.5. The zero-order chi connectivity index (χ0) is 4.95. The van der Waals surface area contributed by atoms with E-state index in [1.54, 1.807) is 6.61 Å². The zero-order valence-electron chi connectivity index (χ0n) is 3.83. The van der Waals surface area contributed by atoms with Crippen LogP contribution in [0.15, 0.2) is 5.16 Å². The number of rotatable bonds is 0. The van der Waals surface area contributed by atoms with Gasteiger partial charge in [-0.15, -0.1) is 0 Å². The summed E-state index contributed by atoms with van der Waals surface area (Å²) in [7, 11) is 0. The molecule has 7 heavy (non-hydrogen) atoms. The van der Waals surface area contributed by atoms with Crippen molar-refractivity contribution in [1.29, 1.82) is 0 Å². The third-order valence-corrected chi connectivity index (χ3v) is 0.607. The molecule has 0 atom stereocenters. The Labute approximate surface area is 41.9 Å². The summed E-state index contributed by atoms with van der Waals surface area (Å²) in [5.74, 6) is 0. The molecule has 0 saturated heterocycles. The first kappa shape index (κ1) is 4.43. The molecular weight excluding hydrogens is 94.0 g/mol. The molecule has 0 saturated carbocycles. The molecule has 3 nitrogen and oxygen atoms in total. The first-order valence-electron chi connectivity index (χ1n) is 2.11. The van der Waals surface area contributed by atoms with E-state index in [1.807, 2.05) is 0 Å². The predicted molar refractivity (Wildman–Crippen MR) is 24.4 cm³/mol.